The molecule has 0 radical (unpaired) electrons. The third-order valence-electron chi connectivity index (χ3n) is 7.30. The summed E-state index contributed by atoms with van der Waals surface area (Å²) in [5, 5.41) is 22.2. The van der Waals surface area contributed by atoms with Gasteiger partial charge in [-0.3, -0.25) is 4.99 Å². The molecule has 0 spiro atoms. The molecule has 0 heterocycles. The van der Waals surface area contributed by atoms with Crippen molar-refractivity contribution in [1.29, 1.82) is 0 Å². The summed E-state index contributed by atoms with van der Waals surface area (Å²) in [5.41, 5.74) is 17.2. The normalized spacial score (nSPS) is 22.9. The van der Waals surface area contributed by atoms with Gasteiger partial charge in [0.1, 0.15) is 11.6 Å². The van der Waals surface area contributed by atoms with E-state index in [-0.39, 0.29) is 24.1 Å². The predicted molar refractivity (Wildman–Crippen MR) is 159 cm³/mol. The van der Waals surface area contributed by atoms with Gasteiger partial charge in [0, 0.05) is 10.9 Å². The second kappa shape index (κ2) is 16.5. The van der Waals surface area contributed by atoms with Gasteiger partial charge in [0.2, 0.25) is 0 Å². The molecule has 0 bridgehead atoms. The molecule has 0 aromatic heterocycles. The highest BCUT2D eigenvalue weighted by Gasteiger charge is 2.28. The average molecular weight is 564 g/mol. The Morgan fingerprint density at radius 1 is 1.10 bits per heavy atom. The number of amides is 1. The minimum absolute atomic E-state index is 0.0156. The van der Waals surface area contributed by atoms with Crippen LogP contribution in [0.1, 0.15) is 77.2 Å². The van der Waals surface area contributed by atoms with Crippen LogP contribution in [-0.2, 0) is 6.54 Å². The molecule has 1 aromatic rings. The number of benzene rings is 1. The number of nitrogens with one attached hydrogen (secondary N) is 1. The van der Waals surface area contributed by atoms with Gasteiger partial charge in [-0.2, -0.15) is 4.99 Å². The topological polar surface area (TPSA) is 185 Å². The molecule has 1 amide bonds. The van der Waals surface area contributed by atoms with E-state index in [0.29, 0.717) is 23.4 Å². The molecular weight excluding hydrogens is 518 g/mol. The van der Waals surface area contributed by atoms with E-state index in [0.717, 1.165) is 30.9 Å². The van der Waals surface area contributed by atoms with E-state index in [9.17, 15) is 9.90 Å². The van der Waals surface area contributed by atoms with Crippen LogP contribution in [0.4, 0.5) is 4.79 Å². The summed E-state index contributed by atoms with van der Waals surface area (Å²) in [7, 11) is 0. The van der Waals surface area contributed by atoms with Crippen LogP contribution in [0.3, 0.4) is 0 Å². The fraction of sp³-hybridized carbons (Fsp3) is 0.643. The fourth-order valence-corrected chi connectivity index (χ4v) is 5.14. The minimum atomic E-state index is -1.42. The molecule has 2 aliphatic rings. The molecule has 9 N–H and O–H groups in total. The number of carbonyl (C=O) groups is 1. The summed E-state index contributed by atoms with van der Waals surface area (Å²) in [5.74, 6) is 1.74. The number of aliphatic imine (C=N–C) groups is 3. The van der Waals surface area contributed by atoms with E-state index < -0.39 is 11.8 Å². The molecule has 1 unspecified atom stereocenters. The van der Waals surface area contributed by atoms with Crippen LogP contribution < -0.4 is 22.5 Å². The second-order valence-electron chi connectivity index (χ2n) is 11.0. The van der Waals surface area contributed by atoms with Crippen molar-refractivity contribution < 1.29 is 15.0 Å². The van der Waals surface area contributed by atoms with Gasteiger partial charge in [-0.1, -0.05) is 62.8 Å². The first-order chi connectivity index (χ1) is 18.4. The number of halogens is 1. The second-order valence-corrected chi connectivity index (χ2v) is 11.4. The first-order valence-electron chi connectivity index (χ1n) is 13.8. The van der Waals surface area contributed by atoms with Crippen molar-refractivity contribution in [1.82, 2.24) is 5.32 Å². The van der Waals surface area contributed by atoms with Crippen molar-refractivity contribution in [3.8, 4) is 0 Å². The Hall–Kier alpha value is -2.53. The van der Waals surface area contributed by atoms with E-state index in [2.05, 4.69) is 27.2 Å². The molecule has 1 atom stereocenters. The van der Waals surface area contributed by atoms with Crippen molar-refractivity contribution in [3.63, 3.8) is 0 Å². The van der Waals surface area contributed by atoms with Crippen molar-refractivity contribution >= 4 is 35.2 Å². The lowest BCUT2D eigenvalue weighted by atomic mass is 9.83. The zero-order chi connectivity index (χ0) is 28.8. The number of amidine groups is 3. The Kier molecular flexibility index (Phi) is 13.9. The maximum Gasteiger partial charge on any atom is 0.433 e. The Morgan fingerprint density at radius 3 is 2.33 bits per heavy atom. The molecule has 1 aromatic carbocycles. The highest BCUT2D eigenvalue weighted by Crippen LogP contribution is 2.29. The number of rotatable bonds is 7. The van der Waals surface area contributed by atoms with Gasteiger partial charge in [0.15, 0.2) is 11.7 Å². The van der Waals surface area contributed by atoms with Gasteiger partial charge in [-0.15, -0.1) is 0 Å². The summed E-state index contributed by atoms with van der Waals surface area (Å²) < 4.78 is 0. The Balaban J connectivity index is 0.000000446. The first kappa shape index (κ1) is 32.7. The molecule has 39 heavy (non-hydrogen) atoms. The quantitative estimate of drug-likeness (QED) is 0.162. The number of nitrogens with two attached hydrogens (primary N) is 3. The van der Waals surface area contributed by atoms with Crippen LogP contribution in [0.2, 0.25) is 5.02 Å². The molecule has 10 nitrogen and oxygen atoms in total. The largest absolute Gasteiger partial charge is 0.463 e. The molecule has 3 rings (SSSR count). The standard InChI is InChI=1S/C20H29ClN6O2.C8H17NO/c1-13-5-7-14(8-6-13)10-24-12-17(22)26-19(18(23)27-20(28)29)25-11-15-3-2-4-16(21)9-15;1-8(9,10)7-5-3-2-4-6-7/h2-4,9,13-14,24H,5-8,10-12H2,1H3,(H2,23,27)(H,28,29)(H2,22,25,26);7,10H,2-6,9H2,1H3. The molecular formula is C28H46ClN7O3. The molecule has 2 saturated carbocycles. The minimum Gasteiger partial charge on any atom is -0.463 e. The van der Waals surface area contributed by atoms with Gasteiger partial charge in [-0.25, -0.2) is 9.79 Å². The van der Waals surface area contributed by atoms with Crippen LogP contribution in [0.25, 0.3) is 0 Å². The molecule has 0 saturated heterocycles. The van der Waals surface area contributed by atoms with Gasteiger partial charge in [-0.05, 0) is 68.7 Å². The Bertz CT molecular complexity index is 993. The first-order valence-corrected chi connectivity index (χ1v) is 14.2. The SMILES string of the molecule is CC(N)(O)C1CCCCC1.CC1CCC(CNCC(N)=NC(=NCc2cccc(Cl)c2)/C(N)=N/C(=O)O)CC1. The fourth-order valence-electron chi connectivity index (χ4n) is 4.93. The van der Waals surface area contributed by atoms with Crippen molar-refractivity contribution in [3.05, 3.63) is 34.9 Å². The van der Waals surface area contributed by atoms with Crippen molar-refractivity contribution in [2.45, 2.75) is 83.9 Å². The maximum absolute atomic E-state index is 10.9. The number of hydrogen-bond donors (Lipinski definition) is 6. The van der Waals surface area contributed by atoms with E-state index in [1.54, 1.807) is 25.1 Å². The summed E-state index contributed by atoms with van der Waals surface area (Å²) in [6.07, 6.45) is 9.52. The Labute approximate surface area is 237 Å². The van der Waals surface area contributed by atoms with Crippen LogP contribution in [0, 0.1) is 17.8 Å². The van der Waals surface area contributed by atoms with Crippen molar-refractivity contribution in [2.75, 3.05) is 13.1 Å². The zero-order valence-corrected chi connectivity index (χ0v) is 24.0. The molecule has 0 aliphatic heterocycles. The monoisotopic (exact) mass is 563 g/mol. The van der Waals surface area contributed by atoms with Crippen LogP contribution in [0.15, 0.2) is 39.2 Å². The van der Waals surface area contributed by atoms with Crippen molar-refractivity contribution in [2.24, 2.45) is 49.9 Å². The third kappa shape index (κ3) is 13.4. The summed E-state index contributed by atoms with van der Waals surface area (Å²) in [6.45, 7) is 5.46. The maximum atomic E-state index is 10.9. The van der Waals surface area contributed by atoms with Gasteiger partial charge in [0.25, 0.3) is 0 Å². The number of nitrogens with zero attached hydrogens (tertiary/aromatic N) is 3. The zero-order valence-electron chi connectivity index (χ0n) is 23.3. The number of carboxylic acid groups (broad SMARTS) is 1. The highest BCUT2D eigenvalue weighted by molar-refractivity contribution is 6.42. The van der Waals surface area contributed by atoms with Crippen LogP contribution >= 0.6 is 11.6 Å². The highest BCUT2D eigenvalue weighted by atomic mass is 35.5. The molecule has 2 aliphatic carbocycles. The lowest BCUT2D eigenvalue weighted by molar-refractivity contribution is -0.0106. The number of hydrogen-bond acceptors (Lipinski definition) is 5. The summed E-state index contributed by atoms with van der Waals surface area (Å²) in [6, 6.07) is 7.16. The third-order valence-corrected chi connectivity index (χ3v) is 7.54. The van der Waals surface area contributed by atoms with Crippen LogP contribution in [-0.4, -0.2) is 52.6 Å². The molecule has 11 heteroatoms. The van der Waals surface area contributed by atoms with E-state index in [1.807, 2.05) is 6.07 Å². The molecule has 2 fully saturated rings. The van der Waals surface area contributed by atoms with Gasteiger partial charge in [0.05, 0.1) is 13.1 Å². The average Bonchev–Trinajstić information content (AvgIpc) is 2.88. The lowest BCUT2D eigenvalue weighted by Gasteiger charge is -2.31. The Morgan fingerprint density at radius 2 is 1.77 bits per heavy atom. The van der Waals surface area contributed by atoms with Gasteiger partial charge >= 0.3 is 6.09 Å². The molecule has 218 valence electrons. The lowest BCUT2D eigenvalue weighted by Crippen LogP contribution is -2.44. The van der Waals surface area contributed by atoms with Crippen LogP contribution in [0.5, 0.6) is 0 Å². The van der Waals surface area contributed by atoms with E-state index in [1.165, 1.54) is 44.9 Å². The summed E-state index contributed by atoms with van der Waals surface area (Å²) >= 11 is 5.97. The number of aliphatic hydroxyl groups is 1. The predicted octanol–water partition coefficient (Wildman–Crippen LogP) is 4.28. The smallest absolute Gasteiger partial charge is 0.433 e. The van der Waals surface area contributed by atoms with Gasteiger partial charge < -0.3 is 32.7 Å². The van der Waals surface area contributed by atoms with E-state index in [4.69, 9.17) is 33.9 Å². The van der Waals surface area contributed by atoms with E-state index >= 15 is 0 Å². The summed E-state index contributed by atoms with van der Waals surface area (Å²) in [4.78, 5) is 22.6.